The van der Waals surface area contributed by atoms with E-state index in [4.69, 9.17) is 10.1 Å². The zero-order chi connectivity index (χ0) is 7.11. The van der Waals surface area contributed by atoms with Crippen LogP contribution in [0.3, 0.4) is 0 Å². The molecule has 10 heavy (non-hydrogen) atoms. The molecule has 60 valence electrons. The quantitative estimate of drug-likeness (QED) is 0.387. The van der Waals surface area contributed by atoms with Crippen LogP contribution in [0.1, 0.15) is 20.3 Å². The summed E-state index contributed by atoms with van der Waals surface area (Å²) in [6.07, 6.45) is 4.43. The minimum Gasteiger partial charge on any atom is -0.481 e. The van der Waals surface area contributed by atoms with Gasteiger partial charge in [-0.15, -0.1) is 12.4 Å². The van der Waals surface area contributed by atoms with Gasteiger partial charge >= 0.3 is 0 Å². The molecule has 0 spiro atoms. The first-order valence-corrected chi connectivity index (χ1v) is 3.12. The van der Waals surface area contributed by atoms with Gasteiger partial charge in [0.25, 0.3) is 0 Å². The van der Waals surface area contributed by atoms with E-state index in [2.05, 4.69) is 0 Å². The van der Waals surface area contributed by atoms with Crippen LogP contribution in [0, 0.1) is 5.41 Å². The molecule has 0 saturated heterocycles. The smallest absolute Gasteiger partial charge is 0.184 e. The molecule has 1 N–H and O–H groups in total. The van der Waals surface area contributed by atoms with Gasteiger partial charge in [0.2, 0.25) is 0 Å². The first-order chi connectivity index (χ1) is 4.31. The van der Waals surface area contributed by atoms with Gasteiger partial charge in [-0.1, -0.05) is 12.2 Å². The molecule has 3 heteroatoms. The summed E-state index contributed by atoms with van der Waals surface area (Å²) in [4.78, 5) is 0. The molecule has 0 heterocycles. The van der Waals surface area contributed by atoms with E-state index >= 15 is 0 Å². The summed E-state index contributed by atoms with van der Waals surface area (Å²) in [6.45, 7) is 4.40. The van der Waals surface area contributed by atoms with Gasteiger partial charge in [-0.25, -0.2) is 0 Å². The van der Waals surface area contributed by atoms with Crippen molar-refractivity contribution in [2.75, 3.05) is 6.61 Å². The van der Waals surface area contributed by atoms with Crippen molar-refractivity contribution in [3.05, 3.63) is 12.2 Å². The van der Waals surface area contributed by atoms with Gasteiger partial charge in [0.05, 0.1) is 6.61 Å². The van der Waals surface area contributed by atoms with Crippen LogP contribution in [-0.2, 0) is 4.74 Å². The highest BCUT2D eigenvalue weighted by molar-refractivity contribution is 5.85. The molecule has 0 rings (SSSR count). The summed E-state index contributed by atoms with van der Waals surface area (Å²) in [5, 5.41) is 7.12. The summed E-state index contributed by atoms with van der Waals surface area (Å²) in [7, 11) is 0. The van der Waals surface area contributed by atoms with Crippen LogP contribution in [0.25, 0.3) is 0 Å². The van der Waals surface area contributed by atoms with Gasteiger partial charge in [-0.3, -0.25) is 5.41 Å². The van der Waals surface area contributed by atoms with Crippen molar-refractivity contribution in [2.45, 2.75) is 20.3 Å². The van der Waals surface area contributed by atoms with E-state index in [0.29, 0.717) is 18.9 Å². The van der Waals surface area contributed by atoms with Crippen molar-refractivity contribution in [3.63, 3.8) is 0 Å². The Kier molecular flexibility index (Phi) is 10.4. The summed E-state index contributed by atoms with van der Waals surface area (Å²) in [5.74, 6) is 0.343. The van der Waals surface area contributed by atoms with Gasteiger partial charge < -0.3 is 4.74 Å². The van der Waals surface area contributed by atoms with Gasteiger partial charge in [0, 0.05) is 6.42 Å². The Bertz CT molecular complexity index is 112. The molecule has 2 nitrogen and oxygen atoms in total. The Hall–Kier alpha value is -0.500. The fourth-order valence-electron chi connectivity index (χ4n) is 0.458. The molecule has 0 aliphatic rings. The molecule has 0 fully saturated rings. The van der Waals surface area contributed by atoms with Crippen molar-refractivity contribution < 1.29 is 4.74 Å². The molecule has 0 amide bonds. The minimum atomic E-state index is 0. The molecule has 0 aromatic carbocycles. The predicted octanol–water partition coefficient (Wildman–Crippen LogP) is 2.39. The molecular formula is C7H14ClNO. The topological polar surface area (TPSA) is 33.1 Å². The average molecular weight is 164 g/mol. The molecule has 0 saturated carbocycles. The average Bonchev–Trinajstić information content (AvgIpc) is 1.85. The number of allylic oxidation sites excluding steroid dienone is 1. The summed E-state index contributed by atoms with van der Waals surface area (Å²) >= 11 is 0. The van der Waals surface area contributed by atoms with E-state index in [9.17, 15) is 0 Å². The first kappa shape index (κ1) is 12.2. The second-order valence-corrected chi connectivity index (χ2v) is 1.63. The fourth-order valence-corrected chi connectivity index (χ4v) is 0.458. The van der Waals surface area contributed by atoms with Gasteiger partial charge in [-0.2, -0.15) is 0 Å². The Balaban J connectivity index is 0. The lowest BCUT2D eigenvalue weighted by Gasteiger charge is -1.99. The zero-order valence-corrected chi connectivity index (χ0v) is 7.20. The molecule has 0 unspecified atom stereocenters. The maximum atomic E-state index is 7.12. The Labute approximate surface area is 68.2 Å². The van der Waals surface area contributed by atoms with Crippen LogP contribution in [-0.4, -0.2) is 12.5 Å². The first-order valence-electron chi connectivity index (χ1n) is 3.12. The number of hydrogen-bond donors (Lipinski definition) is 1. The van der Waals surface area contributed by atoms with Crippen LogP contribution in [0.15, 0.2) is 12.2 Å². The maximum Gasteiger partial charge on any atom is 0.184 e. The molecular weight excluding hydrogens is 150 g/mol. The predicted molar refractivity (Wildman–Crippen MR) is 46.0 cm³/mol. The molecule has 0 atom stereocenters. The zero-order valence-electron chi connectivity index (χ0n) is 6.39. The fraction of sp³-hybridized carbons (Fsp3) is 0.571. The van der Waals surface area contributed by atoms with E-state index < -0.39 is 0 Å². The van der Waals surface area contributed by atoms with Gasteiger partial charge in [0.1, 0.15) is 0 Å². The van der Waals surface area contributed by atoms with E-state index in [1.165, 1.54) is 0 Å². The van der Waals surface area contributed by atoms with Gasteiger partial charge in [-0.05, 0) is 13.8 Å². The number of hydrogen-bond acceptors (Lipinski definition) is 2. The molecule has 0 aliphatic heterocycles. The lowest BCUT2D eigenvalue weighted by molar-refractivity contribution is 0.317. The second kappa shape index (κ2) is 8.50. The Morgan fingerprint density at radius 3 is 2.60 bits per heavy atom. The van der Waals surface area contributed by atoms with Crippen molar-refractivity contribution in [3.8, 4) is 0 Å². The van der Waals surface area contributed by atoms with Crippen molar-refractivity contribution in [1.29, 1.82) is 5.41 Å². The summed E-state index contributed by atoms with van der Waals surface area (Å²) in [5.41, 5.74) is 0. The van der Waals surface area contributed by atoms with Crippen molar-refractivity contribution in [1.82, 2.24) is 0 Å². The molecule has 0 aliphatic carbocycles. The largest absolute Gasteiger partial charge is 0.481 e. The third-order valence-corrected chi connectivity index (χ3v) is 0.858. The lowest BCUT2D eigenvalue weighted by Crippen LogP contribution is -1.99. The van der Waals surface area contributed by atoms with E-state index in [-0.39, 0.29) is 12.4 Å². The van der Waals surface area contributed by atoms with E-state index in [0.717, 1.165) is 0 Å². The molecule has 0 aromatic heterocycles. The third kappa shape index (κ3) is 7.50. The van der Waals surface area contributed by atoms with Crippen LogP contribution in [0.4, 0.5) is 0 Å². The Morgan fingerprint density at radius 2 is 2.20 bits per heavy atom. The lowest BCUT2D eigenvalue weighted by atomic mass is 10.4. The Morgan fingerprint density at radius 1 is 1.60 bits per heavy atom. The van der Waals surface area contributed by atoms with Crippen molar-refractivity contribution in [2.24, 2.45) is 0 Å². The van der Waals surface area contributed by atoms with Crippen LogP contribution >= 0.6 is 12.4 Å². The standard InChI is InChI=1S/C7H13NO.ClH/c1-3-5-6-7(8)9-4-2;/h3,5,8H,4,6H2,1-2H3;1H/b5-3+,8-7?;. The summed E-state index contributed by atoms with van der Waals surface area (Å²) in [6, 6.07) is 0. The highest BCUT2D eigenvalue weighted by Gasteiger charge is 1.88. The normalized spacial score (nSPS) is 9.00. The SMILES string of the molecule is C/C=C/CC(=N)OCC.Cl. The van der Waals surface area contributed by atoms with Crippen molar-refractivity contribution >= 4 is 18.3 Å². The number of ether oxygens (including phenoxy) is 1. The molecule has 0 aromatic rings. The molecule has 0 radical (unpaired) electrons. The second-order valence-electron chi connectivity index (χ2n) is 1.63. The monoisotopic (exact) mass is 163 g/mol. The minimum absolute atomic E-state index is 0. The molecule has 0 bridgehead atoms. The van der Waals surface area contributed by atoms with Crippen LogP contribution in [0.5, 0.6) is 0 Å². The van der Waals surface area contributed by atoms with Crippen LogP contribution in [0.2, 0.25) is 0 Å². The van der Waals surface area contributed by atoms with E-state index in [1.54, 1.807) is 0 Å². The highest BCUT2D eigenvalue weighted by atomic mass is 35.5. The number of halogens is 1. The number of rotatable bonds is 3. The van der Waals surface area contributed by atoms with Crippen LogP contribution < -0.4 is 0 Å². The summed E-state index contributed by atoms with van der Waals surface area (Å²) < 4.78 is 4.88. The maximum absolute atomic E-state index is 7.12. The number of nitrogens with one attached hydrogen (secondary N) is 1. The highest BCUT2D eigenvalue weighted by Crippen LogP contribution is 1.87. The van der Waals surface area contributed by atoms with E-state index in [1.807, 2.05) is 26.0 Å². The van der Waals surface area contributed by atoms with Gasteiger partial charge in [0.15, 0.2) is 5.90 Å². The third-order valence-electron chi connectivity index (χ3n) is 0.858.